The molecule has 0 aliphatic carbocycles. The predicted octanol–water partition coefficient (Wildman–Crippen LogP) is 3.18. The summed E-state index contributed by atoms with van der Waals surface area (Å²) in [6, 6.07) is 8.48. The zero-order valence-corrected chi connectivity index (χ0v) is 11.1. The van der Waals surface area contributed by atoms with Crippen LogP contribution in [-0.2, 0) is 0 Å². The fourth-order valence-corrected chi connectivity index (χ4v) is 1.67. The summed E-state index contributed by atoms with van der Waals surface area (Å²) in [4.78, 5) is 15.9. The van der Waals surface area contributed by atoms with Crippen molar-refractivity contribution in [3.05, 3.63) is 47.9 Å². The number of nitrogens with zero attached hydrogens (tertiary/aromatic N) is 1. The third-order valence-corrected chi connectivity index (χ3v) is 2.48. The smallest absolute Gasteiger partial charge is 0.323 e. The van der Waals surface area contributed by atoms with Gasteiger partial charge in [0, 0.05) is 23.1 Å². The van der Waals surface area contributed by atoms with Gasteiger partial charge in [-0.25, -0.2) is 14.2 Å². The van der Waals surface area contributed by atoms with Crippen LogP contribution in [-0.4, -0.2) is 18.1 Å². The Morgan fingerprint density at radius 1 is 1.20 bits per heavy atom. The molecule has 0 atom stereocenters. The Morgan fingerprint density at radius 3 is 2.65 bits per heavy atom. The van der Waals surface area contributed by atoms with Gasteiger partial charge in [-0.1, -0.05) is 6.07 Å². The molecule has 0 unspecified atom stereocenters. The highest BCUT2D eigenvalue weighted by Gasteiger charge is 2.06. The van der Waals surface area contributed by atoms with Gasteiger partial charge in [-0.05, 0) is 31.2 Å². The second kappa shape index (κ2) is 6.01. The van der Waals surface area contributed by atoms with E-state index in [0.717, 1.165) is 0 Å². The Bertz CT molecular complexity index is 632. The SMILES string of the molecule is COc1cc(NC(=O)Nc2cccc(F)c2)cc(C)n1. The molecule has 0 saturated heterocycles. The highest BCUT2D eigenvalue weighted by molar-refractivity contribution is 5.99. The van der Waals surface area contributed by atoms with Crippen LogP contribution in [0.4, 0.5) is 20.6 Å². The molecule has 0 saturated carbocycles. The number of carbonyl (C=O) groups excluding carboxylic acids is 1. The number of benzene rings is 1. The summed E-state index contributed by atoms with van der Waals surface area (Å²) < 4.78 is 18.0. The lowest BCUT2D eigenvalue weighted by Crippen LogP contribution is -2.19. The number of pyridine rings is 1. The van der Waals surface area contributed by atoms with E-state index in [9.17, 15) is 9.18 Å². The molecule has 20 heavy (non-hydrogen) atoms. The summed E-state index contributed by atoms with van der Waals surface area (Å²) in [5.41, 5.74) is 1.63. The van der Waals surface area contributed by atoms with Gasteiger partial charge in [0.2, 0.25) is 5.88 Å². The number of amides is 2. The largest absolute Gasteiger partial charge is 0.481 e. The van der Waals surface area contributed by atoms with Gasteiger partial charge >= 0.3 is 6.03 Å². The molecular weight excluding hydrogens is 261 g/mol. The summed E-state index contributed by atoms with van der Waals surface area (Å²) in [5.74, 6) is -0.00437. The number of rotatable bonds is 3. The third-order valence-electron chi connectivity index (χ3n) is 2.48. The van der Waals surface area contributed by atoms with Crippen molar-refractivity contribution in [2.24, 2.45) is 0 Å². The van der Waals surface area contributed by atoms with Gasteiger partial charge in [-0.2, -0.15) is 0 Å². The molecule has 104 valence electrons. The number of aromatic nitrogens is 1. The van der Waals surface area contributed by atoms with Gasteiger partial charge in [0.25, 0.3) is 0 Å². The molecule has 0 aliphatic rings. The first kappa shape index (κ1) is 13.8. The molecule has 0 radical (unpaired) electrons. The lowest BCUT2D eigenvalue weighted by Gasteiger charge is -2.09. The zero-order valence-electron chi connectivity index (χ0n) is 11.1. The van der Waals surface area contributed by atoms with Crippen LogP contribution < -0.4 is 15.4 Å². The predicted molar refractivity (Wildman–Crippen MR) is 74.6 cm³/mol. The Hall–Kier alpha value is -2.63. The van der Waals surface area contributed by atoms with E-state index in [0.29, 0.717) is 22.9 Å². The molecule has 0 bridgehead atoms. The number of aryl methyl sites for hydroxylation is 1. The van der Waals surface area contributed by atoms with Crippen LogP contribution in [0.1, 0.15) is 5.69 Å². The second-order valence-electron chi connectivity index (χ2n) is 4.13. The molecule has 1 aromatic heterocycles. The minimum absolute atomic E-state index is 0.375. The summed E-state index contributed by atoms with van der Waals surface area (Å²) in [7, 11) is 1.50. The number of carbonyl (C=O) groups is 1. The number of urea groups is 1. The average Bonchev–Trinajstić information content (AvgIpc) is 2.37. The molecule has 2 N–H and O–H groups in total. The molecule has 2 rings (SSSR count). The zero-order chi connectivity index (χ0) is 14.5. The van der Waals surface area contributed by atoms with Crippen molar-refractivity contribution >= 4 is 17.4 Å². The number of halogens is 1. The normalized spacial score (nSPS) is 9.95. The van der Waals surface area contributed by atoms with Crippen LogP contribution in [0, 0.1) is 12.7 Å². The standard InChI is InChI=1S/C14H14FN3O2/c1-9-6-12(8-13(16-9)20-2)18-14(19)17-11-5-3-4-10(15)7-11/h3-8H,1-2H3,(H2,16,17,18,19). The van der Waals surface area contributed by atoms with Gasteiger partial charge < -0.3 is 15.4 Å². The maximum absolute atomic E-state index is 13.0. The molecule has 2 aromatic rings. The van der Waals surface area contributed by atoms with Crippen LogP contribution in [0.5, 0.6) is 5.88 Å². The highest BCUT2D eigenvalue weighted by Crippen LogP contribution is 2.17. The number of nitrogens with one attached hydrogen (secondary N) is 2. The number of hydrogen-bond donors (Lipinski definition) is 2. The maximum atomic E-state index is 13.0. The summed E-state index contributed by atoms with van der Waals surface area (Å²) in [6.07, 6.45) is 0. The number of ether oxygens (including phenoxy) is 1. The third kappa shape index (κ3) is 3.68. The van der Waals surface area contributed by atoms with Crippen LogP contribution in [0.2, 0.25) is 0 Å². The van der Waals surface area contributed by atoms with E-state index in [-0.39, 0.29) is 0 Å². The first-order chi connectivity index (χ1) is 9.56. The van der Waals surface area contributed by atoms with Gasteiger partial charge in [0.15, 0.2) is 0 Å². The number of hydrogen-bond acceptors (Lipinski definition) is 3. The van der Waals surface area contributed by atoms with Crippen LogP contribution in [0.15, 0.2) is 36.4 Å². The first-order valence-corrected chi connectivity index (χ1v) is 5.93. The molecule has 0 fully saturated rings. The minimum atomic E-state index is -0.469. The lowest BCUT2D eigenvalue weighted by molar-refractivity contribution is 0.262. The van der Waals surface area contributed by atoms with Gasteiger partial charge in [-0.15, -0.1) is 0 Å². The molecule has 5 nitrogen and oxygen atoms in total. The molecule has 2 amide bonds. The fraction of sp³-hybridized carbons (Fsp3) is 0.143. The first-order valence-electron chi connectivity index (χ1n) is 5.93. The van der Waals surface area contributed by atoms with Gasteiger partial charge in [-0.3, -0.25) is 0 Å². The number of anilines is 2. The quantitative estimate of drug-likeness (QED) is 0.904. The van der Waals surface area contributed by atoms with E-state index in [1.165, 1.54) is 25.3 Å². The van der Waals surface area contributed by atoms with Gasteiger partial charge in [0.05, 0.1) is 7.11 Å². The van der Waals surface area contributed by atoms with Crippen molar-refractivity contribution in [3.8, 4) is 5.88 Å². The topological polar surface area (TPSA) is 63.2 Å². The summed E-state index contributed by atoms with van der Waals surface area (Å²) in [6.45, 7) is 1.79. The Labute approximate surface area is 115 Å². The van der Waals surface area contributed by atoms with E-state index in [4.69, 9.17) is 4.74 Å². The summed E-state index contributed by atoms with van der Waals surface area (Å²) >= 11 is 0. The van der Waals surface area contributed by atoms with E-state index in [2.05, 4.69) is 15.6 Å². The minimum Gasteiger partial charge on any atom is -0.481 e. The number of methoxy groups -OCH3 is 1. The van der Waals surface area contributed by atoms with E-state index < -0.39 is 11.8 Å². The van der Waals surface area contributed by atoms with Crippen LogP contribution in [0.3, 0.4) is 0 Å². The van der Waals surface area contributed by atoms with Crippen LogP contribution >= 0.6 is 0 Å². The Kier molecular flexibility index (Phi) is 4.14. The molecule has 6 heteroatoms. The molecule has 1 heterocycles. The second-order valence-corrected chi connectivity index (χ2v) is 4.13. The lowest BCUT2D eigenvalue weighted by atomic mass is 10.3. The van der Waals surface area contributed by atoms with Crippen molar-refractivity contribution in [3.63, 3.8) is 0 Å². The van der Waals surface area contributed by atoms with Gasteiger partial charge in [0.1, 0.15) is 5.82 Å². The Morgan fingerprint density at radius 2 is 1.95 bits per heavy atom. The highest BCUT2D eigenvalue weighted by atomic mass is 19.1. The van der Waals surface area contributed by atoms with Crippen molar-refractivity contribution in [1.29, 1.82) is 0 Å². The molecule has 0 spiro atoms. The molecular formula is C14H14FN3O2. The summed E-state index contributed by atoms with van der Waals surface area (Å²) in [5, 5.41) is 5.17. The fourth-order valence-electron chi connectivity index (χ4n) is 1.67. The van der Waals surface area contributed by atoms with E-state index in [1.54, 1.807) is 25.1 Å². The molecule has 0 aliphatic heterocycles. The van der Waals surface area contributed by atoms with Crippen molar-refractivity contribution in [2.45, 2.75) is 6.92 Å². The van der Waals surface area contributed by atoms with Crippen molar-refractivity contribution in [2.75, 3.05) is 17.7 Å². The Balaban J connectivity index is 2.06. The van der Waals surface area contributed by atoms with Crippen molar-refractivity contribution < 1.29 is 13.9 Å². The molecule has 1 aromatic carbocycles. The van der Waals surface area contributed by atoms with E-state index in [1.807, 2.05) is 0 Å². The maximum Gasteiger partial charge on any atom is 0.323 e. The van der Waals surface area contributed by atoms with E-state index >= 15 is 0 Å². The van der Waals surface area contributed by atoms with Crippen LogP contribution in [0.25, 0.3) is 0 Å². The average molecular weight is 275 g/mol. The van der Waals surface area contributed by atoms with Crippen molar-refractivity contribution in [1.82, 2.24) is 4.98 Å². The monoisotopic (exact) mass is 275 g/mol.